The number of likely N-dealkylation sites (N-methyl/N-ethyl adjacent to an activating group) is 1. The standard InChI is InChI=1S/C31H30ClN7O2/c1-33-29(40)27-17-21(11-13-34-27)20-7-10-24(26(32)16-20)25-15-22-18-35-31(37-28(22)39(4)30(25)41)36-23-8-5-19(6-9-23)12-14-38(2)3/h5-11,13,15-18H,12,14H2,1-4H3,(H,33,40)(H,35,36,37). The molecule has 0 saturated heterocycles. The lowest BCUT2D eigenvalue weighted by molar-refractivity contribution is 0.0958. The molecular weight excluding hydrogens is 538 g/mol. The van der Waals surface area contributed by atoms with Crippen LogP contribution in [0.4, 0.5) is 11.6 Å². The maximum atomic E-state index is 13.4. The fourth-order valence-electron chi connectivity index (χ4n) is 4.51. The lowest BCUT2D eigenvalue weighted by Crippen LogP contribution is -2.20. The number of carbonyl (C=O) groups excluding carboxylic acids is 1. The van der Waals surface area contributed by atoms with Crippen molar-refractivity contribution in [2.75, 3.05) is 33.0 Å². The van der Waals surface area contributed by atoms with Gasteiger partial charge in [-0.05, 0) is 73.6 Å². The van der Waals surface area contributed by atoms with E-state index in [0.29, 0.717) is 38.8 Å². The van der Waals surface area contributed by atoms with Crippen molar-refractivity contribution in [1.29, 1.82) is 0 Å². The Kier molecular flexibility index (Phi) is 8.09. The number of carbonyl (C=O) groups is 1. The summed E-state index contributed by atoms with van der Waals surface area (Å²) in [6, 6.07) is 18.9. The average Bonchev–Trinajstić information content (AvgIpc) is 2.98. The maximum Gasteiger partial charge on any atom is 0.269 e. The number of halogens is 1. The zero-order valence-corrected chi connectivity index (χ0v) is 24.0. The third-order valence-corrected chi connectivity index (χ3v) is 7.13. The second-order valence-electron chi connectivity index (χ2n) is 9.97. The molecule has 0 aliphatic heterocycles. The van der Waals surface area contributed by atoms with Crippen LogP contribution in [0.5, 0.6) is 0 Å². The molecule has 0 saturated carbocycles. The first-order valence-electron chi connectivity index (χ1n) is 13.1. The minimum Gasteiger partial charge on any atom is -0.354 e. The quantitative estimate of drug-likeness (QED) is 0.274. The maximum absolute atomic E-state index is 13.4. The first-order chi connectivity index (χ1) is 19.7. The first-order valence-corrected chi connectivity index (χ1v) is 13.5. The van der Waals surface area contributed by atoms with Crippen LogP contribution in [-0.4, -0.2) is 58.0 Å². The highest BCUT2D eigenvalue weighted by Crippen LogP contribution is 2.32. The lowest BCUT2D eigenvalue weighted by Gasteiger charge is -2.12. The summed E-state index contributed by atoms with van der Waals surface area (Å²) in [6.45, 7) is 0.983. The van der Waals surface area contributed by atoms with E-state index in [1.54, 1.807) is 56.8 Å². The molecule has 2 aromatic carbocycles. The normalized spacial score (nSPS) is 11.2. The van der Waals surface area contributed by atoms with Gasteiger partial charge in [-0.1, -0.05) is 35.9 Å². The van der Waals surface area contributed by atoms with E-state index >= 15 is 0 Å². The predicted octanol–water partition coefficient (Wildman–Crippen LogP) is 4.92. The molecule has 41 heavy (non-hydrogen) atoms. The predicted molar refractivity (Wildman–Crippen MR) is 164 cm³/mol. The van der Waals surface area contributed by atoms with Gasteiger partial charge in [0.25, 0.3) is 11.5 Å². The van der Waals surface area contributed by atoms with Crippen LogP contribution in [0.1, 0.15) is 16.1 Å². The summed E-state index contributed by atoms with van der Waals surface area (Å²) >= 11 is 6.69. The minimum absolute atomic E-state index is 0.229. The summed E-state index contributed by atoms with van der Waals surface area (Å²) in [6.07, 6.45) is 4.24. The number of hydrogen-bond acceptors (Lipinski definition) is 7. The van der Waals surface area contributed by atoms with Gasteiger partial charge < -0.3 is 15.5 Å². The van der Waals surface area contributed by atoms with Crippen LogP contribution in [-0.2, 0) is 13.5 Å². The summed E-state index contributed by atoms with van der Waals surface area (Å²) < 4.78 is 1.50. The van der Waals surface area contributed by atoms with E-state index in [9.17, 15) is 9.59 Å². The summed E-state index contributed by atoms with van der Waals surface area (Å²) in [7, 11) is 7.36. The van der Waals surface area contributed by atoms with Crippen LogP contribution in [0, 0.1) is 0 Å². The zero-order chi connectivity index (χ0) is 29.1. The van der Waals surface area contributed by atoms with Crippen molar-refractivity contribution in [2.24, 2.45) is 7.05 Å². The number of amides is 1. The van der Waals surface area contributed by atoms with Crippen LogP contribution in [0.2, 0.25) is 5.02 Å². The van der Waals surface area contributed by atoms with Gasteiger partial charge in [0.05, 0.1) is 0 Å². The van der Waals surface area contributed by atoms with Crippen molar-refractivity contribution >= 4 is 40.2 Å². The van der Waals surface area contributed by atoms with E-state index < -0.39 is 0 Å². The van der Waals surface area contributed by atoms with Crippen molar-refractivity contribution in [1.82, 2.24) is 29.7 Å². The highest BCUT2D eigenvalue weighted by Gasteiger charge is 2.15. The molecule has 0 aliphatic rings. The Morgan fingerprint density at radius 2 is 1.73 bits per heavy atom. The summed E-state index contributed by atoms with van der Waals surface area (Å²) in [5.74, 6) is 0.125. The molecule has 208 valence electrons. The number of nitrogens with zero attached hydrogens (tertiary/aromatic N) is 5. The molecule has 0 fully saturated rings. The lowest BCUT2D eigenvalue weighted by atomic mass is 10.0. The number of fused-ring (bicyclic) bond motifs is 1. The number of benzene rings is 2. The number of nitrogens with one attached hydrogen (secondary N) is 2. The first kappa shape index (κ1) is 27.9. The molecule has 9 nitrogen and oxygen atoms in total. The Balaban J connectivity index is 1.42. The Morgan fingerprint density at radius 1 is 0.976 bits per heavy atom. The molecule has 5 aromatic rings. The van der Waals surface area contributed by atoms with Crippen molar-refractivity contribution in [2.45, 2.75) is 6.42 Å². The monoisotopic (exact) mass is 567 g/mol. The van der Waals surface area contributed by atoms with Crippen LogP contribution in [0.25, 0.3) is 33.3 Å². The van der Waals surface area contributed by atoms with Gasteiger partial charge in [-0.15, -0.1) is 0 Å². The second kappa shape index (κ2) is 11.9. The Labute approximate surface area is 242 Å². The molecule has 0 aliphatic carbocycles. The van der Waals surface area contributed by atoms with Gasteiger partial charge in [0.2, 0.25) is 5.95 Å². The number of rotatable bonds is 8. The fraction of sp³-hybridized carbons (Fsp3) is 0.194. The summed E-state index contributed by atoms with van der Waals surface area (Å²) in [5, 5.41) is 6.91. The molecule has 0 atom stereocenters. The van der Waals surface area contributed by atoms with Gasteiger partial charge >= 0.3 is 0 Å². The van der Waals surface area contributed by atoms with Crippen molar-refractivity contribution in [3.05, 3.63) is 99.7 Å². The van der Waals surface area contributed by atoms with Crippen molar-refractivity contribution in [3.8, 4) is 22.3 Å². The highest BCUT2D eigenvalue weighted by atomic mass is 35.5. The second-order valence-corrected chi connectivity index (χ2v) is 10.4. The molecule has 0 unspecified atom stereocenters. The van der Waals surface area contributed by atoms with Crippen LogP contribution < -0.4 is 16.2 Å². The van der Waals surface area contributed by atoms with Gasteiger partial charge in [-0.25, -0.2) is 4.98 Å². The molecule has 0 bridgehead atoms. The number of pyridine rings is 2. The Hall–Kier alpha value is -4.60. The van der Waals surface area contributed by atoms with E-state index in [2.05, 4.69) is 56.7 Å². The van der Waals surface area contributed by atoms with E-state index in [4.69, 9.17) is 11.6 Å². The molecule has 3 aromatic heterocycles. The summed E-state index contributed by atoms with van der Waals surface area (Å²) in [5.41, 5.74) is 5.31. The van der Waals surface area contributed by atoms with Gasteiger partial charge in [0, 0.05) is 60.3 Å². The van der Waals surface area contributed by atoms with Crippen LogP contribution in [0.3, 0.4) is 0 Å². The van der Waals surface area contributed by atoms with Crippen LogP contribution in [0.15, 0.2) is 77.9 Å². The van der Waals surface area contributed by atoms with Gasteiger partial charge in [-0.3, -0.25) is 19.1 Å². The SMILES string of the molecule is CNC(=O)c1cc(-c2ccc(-c3cc4cnc(Nc5ccc(CCN(C)C)cc5)nc4n(C)c3=O)c(Cl)c2)ccn1. The largest absolute Gasteiger partial charge is 0.354 e. The Morgan fingerprint density at radius 3 is 2.44 bits per heavy atom. The highest BCUT2D eigenvalue weighted by molar-refractivity contribution is 6.33. The number of anilines is 2. The van der Waals surface area contributed by atoms with E-state index in [-0.39, 0.29) is 11.5 Å². The third-order valence-electron chi connectivity index (χ3n) is 6.82. The minimum atomic E-state index is -0.275. The molecule has 3 heterocycles. The van der Waals surface area contributed by atoms with Gasteiger partial charge in [0.1, 0.15) is 11.3 Å². The molecule has 2 N–H and O–H groups in total. The molecule has 5 rings (SSSR count). The zero-order valence-electron chi connectivity index (χ0n) is 23.3. The average molecular weight is 568 g/mol. The van der Waals surface area contributed by atoms with Gasteiger partial charge in [0.15, 0.2) is 0 Å². The van der Waals surface area contributed by atoms with Crippen molar-refractivity contribution < 1.29 is 4.79 Å². The summed E-state index contributed by atoms with van der Waals surface area (Å²) in [4.78, 5) is 40.8. The topological polar surface area (TPSA) is 105 Å². The van der Waals surface area contributed by atoms with E-state index in [1.807, 2.05) is 18.2 Å². The molecule has 0 radical (unpaired) electrons. The molecule has 0 spiro atoms. The van der Waals surface area contributed by atoms with E-state index in [0.717, 1.165) is 29.8 Å². The van der Waals surface area contributed by atoms with Crippen molar-refractivity contribution in [3.63, 3.8) is 0 Å². The smallest absolute Gasteiger partial charge is 0.269 e. The molecular formula is C31H30ClN7O2. The van der Waals surface area contributed by atoms with E-state index in [1.165, 1.54) is 10.1 Å². The third kappa shape index (κ3) is 6.11. The fourth-order valence-corrected chi connectivity index (χ4v) is 4.79. The number of aryl methyl sites for hydroxylation is 1. The van der Waals surface area contributed by atoms with Crippen LogP contribution >= 0.6 is 11.6 Å². The Bertz CT molecular complexity index is 1800. The molecule has 10 heteroatoms. The number of hydrogen-bond donors (Lipinski definition) is 2. The van der Waals surface area contributed by atoms with Gasteiger partial charge in [-0.2, -0.15) is 4.98 Å². The molecule has 1 amide bonds. The number of aromatic nitrogens is 4.